The van der Waals surface area contributed by atoms with Gasteiger partial charge in [-0.05, 0) is 18.6 Å². The van der Waals surface area contributed by atoms with Crippen LogP contribution in [-0.2, 0) is 26.2 Å². The number of nitrogens with one attached hydrogen (secondary N) is 1. The van der Waals surface area contributed by atoms with Crippen molar-refractivity contribution in [1.29, 1.82) is 0 Å². The first-order chi connectivity index (χ1) is 9.40. The molecule has 0 aromatic carbocycles. The van der Waals surface area contributed by atoms with Crippen molar-refractivity contribution in [2.75, 3.05) is 5.32 Å². The Hall–Kier alpha value is -2.05. The van der Waals surface area contributed by atoms with Gasteiger partial charge < -0.3 is 5.32 Å². The topological polar surface area (TPSA) is 42.7 Å². The minimum Gasteiger partial charge on any atom is -0.380 e. The fourth-order valence-corrected chi connectivity index (χ4v) is 1.89. The maximum absolute atomic E-state index is 12.4. The molecule has 0 aliphatic rings. The molecule has 20 heavy (non-hydrogen) atoms. The Kier molecular flexibility index (Phi) is 3.96. The first kappa shape index (κ1) is 14.4. The van der Waals surface area contributed by atoms with Crippen LogP contribution in [0.4, 0.5) is 18.9 Å². The smallest absolute Gasteiger partial charge is 0.380 e. The maximum Gasteiger partial charge on any atom is 0.433 e. The molecule has 4 nitrogen and oxygen atoms in total. The number of pyridine rings is 1. The summed E-state index contributed by atoms with van der Waals surface area (Å²) in [6.07, 6.45) is -0.519. The molecule has 0 amide bonds. The molecule has 0 aliphatic heterocycles. The Labute approximate surface area is 114 Å². The molecule has 0 fully saturated rings. The third-order valence-corrected chi connectivity index (χ3v) is 2.86. The van der Waals surface area contributed by atoms with E-state index in [1.807, 2.05) is 20.2 Å². The third-order valence-electron chi connectivity index (χ3n) is 2.86. The average Bonchev–Trinajstić information content (AvgIpc) is 2.76. The Morgan fingerprint density at radius 3 is 2.60 bits per heavy atom. The van der Waals surface area contributed by atoms with Crippen LogP contribution >= 0.6 is 0 Å². The molecule has 108 valence electrons. The van der Waals surface area contributed by atoms with Crippen molar-refractivity contribution >= 4 is 5.69 Å². The molecule has 0 saturated carbocycles. The van der Waals surface area contributed by atoms with E-state index in [4.69, 9.17) is 0 Å². The van der Waals surface area contributed by atoms with Crippen LogP contribution in [0.15, 0.2) is 24.5 Å². The zero-order valence-electron chi connectivity index (χ0n) is 11.2. The van der Waals surface area contributed by atoms with Gasteiger partial charge in [0.25, 0.3) is 0 Å². The number of aromatic nitrogens is 3. The van der Waals surface area contributed by atoms with Crippen LogP contribution in [0.25, 0.3) is 0 Å². The van der Waals surface area contributed by atoms with Gasteiger partial charge in [0.15, 0.2) is 0 Å². The highest BCUT2D eigenvalue weighted by Crippen LogP contribution is 2.27. The van der Waals surface area contributed by atoms with Crippen molar-refractivity contribution in [3.63, 3.8) is 0 Å². The number of alkyl halides is 3. The second-order valence-corrected chi connectivity index (χ2v) is 4.41. The van der Waals surface area contributed by atoms with Gasteiger partial charge in [-0.1, -0.05) is 6.92 Å². The number of halogens is 3. The summed E-state index contributed by atoms with van der Waals surface area (Å²) in [4.78, 5) is 3.40. The van der Waals surface area contributed by atoms with E-state index in [0.29, 0.717) is 12.2 Å². The van der Waals surface area contributed by atoms with Crippen molar-refractivity contribution in [2.24, 2.45) is 7.05 Å². The molecule has 7 heteroatoms. The fraction of sp³-hybridized carbons (Fsp3) is 0.385. The molecular formula is C13H15F3N4. The highest BCUT2D eigenvalue weighted by Gasteiger charge is 2.31. The minimum atomic E-state index is -4.41. The fourth-order valence-electron chi connectivity index (χ4n) is 1.89. The molecule has 0 bridgehead atoms. The summed E-state index contributed by atoms with van der Waals surface area (Å²) in [5.41, 5.74) is 1.65. The molecule has 2 heterocycles. The summed E-state index contributed by atoms with van der Waals surface area (Å²) >= 11 is 0. The van der Waals surface area contributed by atoms with Gasteiger partial charge in [0, 0.05) is 25.4 Å². The van der Waals surface area contributed by atoms with Crippen molar-refractivity contribution in [1.82, 2.24) is 14.8 Å². The van der Waals surface area contributed by atoms with Crippen LogP contribution in [0.2, 0.25) is 0 Å². The van der Waals surface area contributed by atoms with Crippen molar-refractivity contribution < 1.29 is 13.2 Å². The van der Waals surface area contributed by atoms with Crippen molar-refractivity contribution in [3.8, 4) is 0 Å². The van der Waals surface area contributed by atoms with Gasteiger partial charge in [-0.3, -0.25) is 4.68 Å². The molecule has 0 radical (unpaired) electrons. The minimum absolute atomic E-state index is 0.504. The molecule has 0 aliphatic carbocycles. The van der Waals surface area contributed by atoms with Gasteiger partial charge in [-0.2, -0.15) is 18.3 Å². The number of aryl methyl sites for hydroxylation is 2. The lowest BCUT2D eigenvalue weighted by Crippen LogP contribution is -2.08. The van der Waals surface area contributed by atoms with Gasteiger partial charge >= 0.3 is 6.18 Å². The molecule has 0 unspecified atom stereocenters. The Morgan fingerprint density at radius 2 is 2.05 bits per heavy atom. The van der Waals surface area contributed by atoms with Crippen LogP contribution in [0, 0.1) is 0 Å². The van der Waals surface area contributed by atoms with E-state index in [0.717, 1.165) is 23.7 Å². The number of nitrogens with zero attached hydrogens (tertiary/aromatic N) is 3. The summed E-state index contributed by atoms with van der Waals surface area (Å²) in [5.74, 6) is 0. The van der Waals surface area contributed by atoms with Crippen LogP contribution in [0.5, 0.6) is 0 Å². The van der Waals surface area contributed by atoms with E-state index in [-0.39, 0.29) is 0 Å². The number of anilines is 1. The zero-order valence-corrected chi connectivity index (χ0v) is 11.2. The Morgan fingerprint density at radius 1 is 1.30 bits per heavy atom. The lowest BCUT2D eigenvalue weighted by Gasteiger charge is -2.08. The predicted octanol–water partition coefficient (Wildman–Crippen LogP) is 3.01. The molecule has 2 rings (SSSR count). The first-order valence-electron chi connectivity index (χ1n) is 6.18. The Bertz CT molecular complexity index is 572. The van der Waals surface area contributed by atoms with E-state index in [1.165, 1.54) is 12.3 Å². The quantitative estimate of drug-likeness (QED) is 0.938. The third kappa shape index (κ3) is 3.28. The van der Waals surface area contributed by atoms with Crippen LogP contribution in [-0.4, -0.2) is 14.8 Å². The highest BCUT2D eigenvalue weighted by molar-refractivity contribution is 5.42. The van der Waals surface area contributed by atoms with Crippen LogP contribution in [0.1, 0.15) is 23.9 Å². The van der Waals surface area contributed by atoms with Crippen LogP contribution in [0.3, 0.4) is 0 Å². The van der Waals surface area contributed by atoms with E-state index in [2.05, 4.69) is 15.4 Å². The lowest BCUT2D eigenvalue weighted by atomic mass is 10.2. The standard InChI is InChI=1S/C13H15F3N4/c1-3-11-9(8-20(2)19-11)6-17-10-4-5-12(18-7-10)13(14,15)16/h4-5,7-8,17H,3,6H2,1-2H3. The molecular weight excluding hydrogens is 269 g/mol. The van der Waals surface area contributed by atoms with Gasteiger partial charge in [0.05, 0.1) is 17.6 Å². The molecule has 2 aromatic rings. The number of hydrogen-bond donors (Lipinski definition) is 1. The SMILES string of the molecule is CCc1nn(C)cc1CNc1ccc(C(F)(F)F)nc1. The molecule has 0 saturated heterocycles. The molecule has 2 aromatic heterocycles. The summed E-state index contributed by atoms with van der Waals surface area (Å²) in [7, 11) is 1.84. The number of rotatable bonds is 4. The van der Waals surface area contributed by atoms with E-state index in [9.17, 15) is 13.2 Å². The monoisotopic (exact) mass is 284 g/mol. The average molecular weight is 284 g/mol. The molecule has 0 spiro atoms. The van der Waals surface area contributed by atoms with E-state index < -0.39 is 11.9 Å². The Balaban J connectivity index is 2.04. The lowest BCUT2D eigenvalue weighted by molar-refractivity contribution is -0.141. The van der Waals surface area contributed by atoms with Crippen molar-refractivity contribution in [3.05, 3.63) is 41.5 Å². The predicted molar refractivity (Wildman–Crippen MR) is 69.2 cm³/mol. The first-order valence-corrected chi connectivity index (χ1v) is 6.18. The summed E-state index contributed by atoms with van der Waals surface area (Å²) in [6.45, 7) is 2.51. The largest absolute Gasteiger partial charge is 0.433 e. The second-order valence-electron chi connectivity index (χ2n) is 4.41. The summed E-state index contributed by atoms with van der Waals surface area (Å²) in [5, 5.41) is 7.34. The molecule has 1 N–H and O–H groups in total. The van der Waals surface area contributed by atoms with E-state index >= 15 is 0 Å². The second kappa shape index (κ2) is 5.52. The van der Waals surface area contributed by atoms with Gasteiger partial charge in [-0.25, -0.2) is 4.98 Å². The van der Waals surface area contributed by atoms with Gasteiger partial charge in [0.2, 0.25) is 0 Å². The summed E-state index contributed by atoms with van der Waals surface area (Å²) < 4.78 is 38.9. The summed E-state index contributed by atoms with van der Waals surface area (Å²) in [6, 6.07) is 2.34. The van der Waals surface area contributed by atoms with Gasteiger partial charge in [0.1, 0.15) is 5.69 Å². The van der Waals surface area contributed by atoms with Crippen molar-refractivity contribution in [2.45, 2.75) is 26.1 Å². The van der Waals surface area contributed by atoms with E-state index in [1.54, 1.807) is 4.68 Å². The zero-order chi connectivity index (χ0) is 14.8. The maximum atomic E-state index is 12.4. The van der Waals surface area contributed by atoms with Gasteiger partial charge in [-0.15, -0.1) is 0 Å². The van der Waals surface area contributed by atoms with Crippen LogP contribution < -0.4 is 5.32 Å². The number of hydrogen-bond acceptors (Lipinski definition) is 3. The normalized spacial score (nSPS) is 11.7. The molecule has 0 atom stereocenters. The highest BCUT2D eigenvalue weighted by atomic mass is 19.4.